The minimum Gasteiger partial charge on any atom is -0.355 e. The number of hydrogen-bond donors (Lipinski definition) is 3. The van der Waals surface area contributed by atoms with Gasteiger partial charge < -0.3 is 16.0 Å². The molecule has 0 aliphatic rings. The molecular weight excluding hydrogens is 314 g/mol. The Hall–Kier alpha value is -1.88. The fourth-order valence-electron chi connectivity index (χ4n) is 2.77. The molecule has 3 N–H and O–H groups in total. The van der Waals surface area contributed by atoms with Gasteiger partial charge in [0, 0.05) is 12.6 Å². The number of amides is 2. The molecule has 0 saturated heterocycles. The Kier molecular flexibility index (Phi) is 9.21. The summed E-state index contributed by atoms with van der Waals surface area (Å²) in [5.41, 5.74) is 2.51. The van der Waals surface area contributed by atoms with Crippen molar-refractivity contribution in [1.82, 2.24) is 16.0 Å². The van der Waals surface area contributed by atoms with Crippen LogP contribution in [0.2, 0.25) is 0 Å². The molecule has 0 spiro atoms. The predicted octanol–water partition coefficient (Wildman–Crippen LogP) is 2.42. The van der Waals surface area contributed by atoms with E-state index in [1.54, 1.807) is 0 Å². The molecule has 0 saturated carbocycles. The third-order valence-electron chi connectivity index (χ3n) is 3.95. The number of likely N-dealkylation sites (N-methyl/N-ethyl adjacent to an activating group) is 1. The lowest BCUT2D eigenvalue weighted by Gasteiger charge is -2.23. The van der Waals surface area contributed by atoms with E-state index in [1.807, 2.05) is 6.92 Å². The normalized spacial score (nSPS) is 12.3. The van der Waals surface area contributed by atoms with E-state index in [0.717, 1.165) is 6.42 Å². The average molecular weight is 348 g/mol. The summed E-state index contributed by atoms with van der Waals surface area (Å²) < 4.78 is 0. The SMILES string of the molecule is CCNC(=O)CNC(=O)CN[C@@H](c1ccc(CC(C)C)cc1)C(C)C. The number of rotatable bonds is 10. The van der Waals surface area contributed by atoms with Gasteiger partial charge in [-0.05, 0) is 36.3 Å². The first-order valence-electron chi connectivity index (χ1n) is 9.19. The van der Waals surface area contributed by atoms with Crippen molar-refractivity contribution < 1.29 is 9.59 Å². The number of benzene rings is 1. The third kappa shape index (κ3) is 8.16. The molecule has 0 aliphatic heterocycles. The molecule has 5 heteroatoms. The molecule has 0 aliphatic carbocycles. The summed E-state index contributed by atoms with van der Waals surface area (Å²) in [6, 6.07) is 8.72. The lowest BCUT2D eigenvalue weighted by atomic mass is 9.94. The minimum atomic E-state index is -0.173. The summed E-state index contributed by atoms with van der Waals surface area (Å²) in [5.74, 6) is 0.649. The van der Waals surface area contributed by atoms with Crippen LogP contribution >= 0.6 is 0 Å². The Morgan fingerprint density at radius 1 is 0.920 bits per heavy atom. The van der Waals surface area contributed by atoms with E-state index in [4.69, 9.17) is 0 Å². The second kappa shape index (κ2) is 10.9. The van der Waals surface area contributed by atoms with Crippen molar-refractivity contribution in [2.24, 2.45) is 11.8 Å². The zero-order valence-electron chi connectivity index (χ0n) is 16.2. The molecule has 0 fully saturated rings. The highest BCUT2D eigenvalue weighted by molar-refractivity contribution is 5.85. The van der Waals surface area contributed by atoms with Crippen molar-refractivity contribution in [2.75, 3.05) is 19.6 Å². The summed E-state index contributed by atoms with van der Waals surface area (Å²) in [5, 5.41) is 8.59. The molecule has 1 rings (SSSR count). The van der Waals surface area contributed by atoms with Gasteiger partial charge in [-0.2, -0.15) is 0 Å². The molecule has 0 bridgehead atoms. The lowest BCUT2D eigenvalue weighted by Crippen LogP contribution is -2.42. The minimum absolute atomic E-state index is 0.0185. The van der Waals surface area contributed by atoms with Gasteiger partial charge >= 0.3 is 0 Å². The molecule has 140 valence electrons. The van der Waals surface area contributed by atoms with E-state index in [0.29, 0.717) is 18.4 Å². The standard InChI is InChI=1S/C20H33N3O2/c1-6-21-18(24)12-22-19(25)13-23-20(15(4)5)17-9-7-16(8-10-17)11-14(2)3/h7-10,14-15,20,23H,6,11-13H2,1-5H3,(H,21,24)(H,22,25)/t20-/m1/s1. The summed E-state index contributed by atoms with van der Waals surface area (Å²) in [6.45, 7) is 11.3. The van der Waals surface area contributed by atoms with Crippen molar-refractivity contribution in [3.63, 3.8) is 0 Å². The van der Waals surface area contributed by atoms with Crippen LogP contribution in [0.3, 0.4) is 0 Å². The quantitative estimate of drug-likeness (QED) is 0.609. The van der Waals surface area contributed by atoms with Crippen LogP contribution in [-0.4, -0.2) is 31.4 Å². The zero-order valence-corrected chi connectivity index (χ0v) is 16.2. The van der Waals surface area contributed by atoms with Crippen LogP contribution in [0.25, 0.3) is 0 Å². The molecule has 1 aromatic rings. The van der Waals surface area contributed by atoms with E-state index in [9.17, 15) is 9.59 Å². The van der Waals surface area contributed by atoms with Gasteiger partial charge in [-0.25, -0.2) is 0 Å². The smallest absolute Gasteiger partial charge is 0.239 e. The van der Waals surface area contributed by atoms with Crippen molar-refractivity contribution in [3.8, 4) is 0 Å². The van der Waals surface area contributed by atoms with E-state index >= 15 is 0 Å². The van der Waals surface area contributed by atoms with Crippen LogP contribution in [-0.2, 0) is 16.0 Å². The van der Waals surface area contributed by atoms with Gasteiger partial charge in [0.15, 0.2) is 0 Å². The summed E-state index contributed by atoms with van der Waals surface area (Å²) in [4.78, 5) is 23.3. The molecule has 1 aromatic carbocycles. The topological polar surface area (TPSA) is 70.2 Å². The van der Waals surface area contributed by atoms with Crippen molar-refractivity contribution >= 4 is 11.8 Å². The molecule has 0 radical (unpaired) electrons. The zero-order chi connectivity index (χ0) is 18.8. The highest BCUT2D eigenvalue weighted by atomic mass is 16.2. The van der Waals surface area contributed by atoms with E-state index in [-0.39, 0.29) is 30.9 Å². The van der Waals surface area contributed by atoms with E-state index < -0.39 is 0 Å². The van der Waals surface area contributed by atoms with Crippen LogP contribution in [0.4, 0.5) is 0 Å². The average Bonchev–Trinajstić information content (AvgIpc) is 2.54. The van der Waals surface area contributed by atoms with Crippen molar-refractivity contribution in [3.05, 3.63) is 35.4 Å². The maximum Gasteiger partial charge on any atom is 0.239 e. The highest BCUT2D eigenvalue weighted by Crippen LogP contribution is 2.22. The lowest BCUT2D eigenvalue weighted by molar-refractivity contribution is -0.125. The van der Waals surface area contributed by atoms with Gasteiger partial charge in [-0.1, -0.05) is 52.0 Å². The summed E-state index contributed by atoms with van der Waals surface area (Å²) in [7, 11) is 0. The molecule has 25 heavy (non-hydrogen) atoms. The Morgan fingerprint density at radius 3 is 2.04 bits per heavy atom. The third-order valence-corrected chi connectivity index (χ3v) is 3.95. The maximum absolute atomic E-state index is 11.9. The summed E-state index contributed by atoms with van der Waals surface area (Å²) >= 11 is 0. The highest BCUT2D eigenvalue weighted by Gasteiger charge is 2.17. The predicted molar refractivity (Wildman–Crippen MR) is 102 cm³/mol. The molecular formula is C20H33N3O2. The van der Waals surface area contributed by atoms with Gasteiger partial charge in [-0.15, -0.1) is 0 Å². The van der Waals surface area contributed by atoms with E-state index in [1.165, 1.54) is 11.1 Å². The Balaban J connectivity index is 2.56. The number of carbonyl (C=O) groups excluding carboxylic acids is 2. The number of carbonyl (C=O) groups is 2. The Bertz CT molecular complexity index is 538. The van der Waals surface area contributed by atoms with Gasteiger partial charge in [-0.3, -0.25) is 9.59 Å². The molecule has 0 heterocycles. The van der Waals surface area contributed by atoms with E-state index in [2.05, 4.69) is 67.9 Å². The van der Waals surface area contributed by atoms with Gasteiger partial charge in [0.25, 0.3) is 0 Å². The number of hydrogen-bond acceptors (Lipinski definition) is 3. The second-order valence-electron chi connectivity index (χ2n) is 7.17. The van der Waals surface area contributed by atoms with Crippen LogP contribution in [0.5, 0.6) is 0 Å². The maximum atomic E-state index is 11.9. The fourth-order valence-corrected chi connectivity index (χ4v) is 2.77. The van der Waals surface area contributed by atoms with Crippen molar-refractivity contribution in [2.45, 2.75) is 47.1 Å². The van der Waals surface area contributed by atoms with Crippen LogP contribution < -0.4 is 16.0 Å². The molecule has 0 aromatic heterocycles. The molecule has 5 nitrogen and oxygen atoms in total. The van der Waals surface area contributed by atoms with Gasteiger partial charge in [0.05, 0.1) is 13.1 Å². The van der Waals surface area contributed by atoms with Crippen LogP contribution in [0.1, 0.15) is 51.8 Å². The largest absolute Gasteiger partial charge is 0.355 e. The fraction of sp³-hybridized carbons (Fsp3) is 0.600. The monoisotopic (exact) mass is 347 g/mol. The Labute approximate surface area is 152 Å². The summed E-state index contributed by atoms with van der Waals surface area (Å²) in [6.07, 6.45) is 1.07. The number of nitrogens with one attached hydrogen (secondary N) is 3. The van der Waals surface area contributed by atoms with Crippen LogP contribution in [0.15, 0.2) is 24.3 Å². The molecule has 0 unspecified atom stereocenters. The first kappa shape index (κ1) is 21.2. The molecule has 1 atom stereocenters. The van der Waals surface area contributed by atoms with Crippen LogP contribution in [0, 0.1) is 11.8 Å². The molecule has 2 amide bonds. The van der Waals surface area contributed by atoms with Crippen molar-refractivity contribution in [1.29, 1.82) is 0 Å². The van der Waals surface area contributed by atoms with Gasteiger partial charge in [0.2, 0.25) is 11.8 Å². The first-order chi connectivity index (χ1) is 11.8. The first-order valence-corrected chi connectivity index (χ1v) is 9.19. The van der Waals surface area contributed by atoms with Gasteiger partial charge in [0.1, 0.15) is 0 Å². The second-order valence-corrected chi connectivity index (χ2v) is 7.17. The Morgan fingerprint density at radius 2 is 1.52 bits per heavy atom.